The normalized spacial score (nSPS) is 20.2. The lowest BCUT2D eigenvalue weighted by Crippen LogP contribution is -2.43. The van der Waals surface area contributed by atoms with Crippen molar-refractivity contribution >= 4 is 26.8 Å². The molecular weight excluding hydrogens is 394 g/mol. The number of aromatic nitrogens is 2. The second-order valence-electron chi connectivity index (χ2n) is 8.19. The van der Waals surface area contributed by atoms with Gasteiger partial charge in [0.15, 0.2) is 9.84 Å². The van der Waals surface area contributed by atoms with Crippen LogP contribution in [0, 0.1) is 11.8 Å². The summed E-state index contributed by atoms with van der Waals surface area (Å²) in [6.45, 7) is 5.52. The molecule has 0 N–H and O–H groups in total. The summed E-state index contributed by atoms with van der Waals surface area (Å²) in [6.07, 6.45) is 0.992. The monoisotopic (exact) mass is 421 g/mol. The molecule has 2 atom stereocenters. The van der Waals surface area contributed by atoms with Gasteiger partial charge in [-0.3, -0.25) is 14.4 Å². The van der Waals surface area contributed by atoms with Crippen molar-refractivity contribution < 1.29 is 13.2 Å². The van der Waals surface area contributed by atoms with Crippen LogP contribution in [-0.2, 0) is 28.7 Å². The lowest BCUT2D eigenvalue weighted by Gasteiger charge is -2.35. The van der Waals surface area contributed by atoms with Gasteiger partial charge in [-0.15, -0.1) is 0 Å². The van der Waals surface area contributed by atoms with Crippen molar-refractivity contribution in [3.8, 4) is 0 Å². The van der Waals surface area contributed by atoms with Gasteiger partial charge in [0.2, 0.25) is 5.91 Å². The van der Waals surface area contributed by atoms with E-state index in [1.165, 1.54) is 36.9 Å². The third kappa shape index (κ3) is 4.14. The largest absolute Gasteiger partial charge is 0.342 e. The fourth-order valence-electron chi connectivity index (χ4n) is 4.12. The first-order valence-corrected chi connectivity index (χ1v) is 11.4. The van der Waals surface area contributed by atoms with Crippen LogP contribution in [0.5, 0.6) is 0 Å². The van der Waals surface area contributed by atoms with Crippen molar-refractivity contribution in [3.05, 3.63) is 38.9 Å². The molecule has 0 saturated carbocycles. The molecule has 1 aromatic heterocycles. The summed E-state index contributed by atoms with van der Waals surface area (Å²) in [5.74, 6) is 0.374. The average Bonchev–Trinajstić information content (AvgIpc) is 2.67. The number of carbonyl (C=O) groups excluding carboxylic acids is 1. The van der Waals surface area contributed by atoms with E-state index in [9.17, 15) is 22.8 Å². The van der Waals surface area contributed by atoms with Crippen LogP contribution in [0.2, 0.25) is 0 Å². The Morgan fingerprint density at radius 3 is 2.14 bits per heavy atom. The van der Waals surface area contributed by atoms with Gasteiger partial charge in [0.05, 0.1) is 21.7 Å². The van der Waals surface area contributed by atoms with Crippen molar-refractivity contribution in [2.75, 3.05) is 18.8 Å². The molecule has 1 aromatic carbocycles. The van der Waals surface area contributed by atoms with Crippen LogP contribution in [0.4, 0.5) is 0 Å². The van der Waals surface area contributed by atoms with Crippen molar-refractivity contribution in [3.63, 3.8) is 0 Å². The van der Waals surface area contributed by atoms with Crippen LogP contribution in [0.15, 0.2) is 32.7 Å². The Kier molecular flexibility index (Phi) is 5.71. The first-order chi connectivity index (χ1) is 13.5. The van der Waals surface area contributed by atoms with Gasteiger partial charge in [-0.05, 0) is 36.5 Å². The Bertz CT molecular complexity index is 1170. The minimum Gasteiger partial charge on any atom is -0.342 e. The van der Waals surface area contributed by atoms with Crippen LogP contribution in [0.3, 0.4) is 0 Å². The summed E-state index contributed by atoms with van der Waals surface area (Å²) in [5, 5.41) is 0. The quantitative estimate of drug-likeness (QED) is 0.684. The summed E-state index contributed by atoms with van der Waals surface area (Å²) in [6, 6.07) is 4.32. The average molecular weight is 422 g/mol. The molecule has 0 unspecified atom stereocenters. The SMILES string of the molecule is C[C@H]1C[C@H](C)CN(C(=O)CCS(=O)(=O)c2ccc3c(c2)n(C)c(=O)c(=O)n3C)C1. The molecule has 0 radical (unpaired) electrons. The molecular formula is C20H27N3O5S. The van der Waals surface area contributed by atoms with Gasteiger partial charge in [-0.25, -0.2) is 8.42 Å². The third-order valence-corrected chi connectivity index (χ3v) is 7.34. The number of amides is 1. The van der Waals surface area contributed by atoms with Crippen molar-refractivity contribution in [2.45, 2.75) is 31.6 Å². The van der Waals surface area contributed by atoms with Gasteiger partial charge in [-0.1, -0.05) is 13.8 Å². The molecule has 158 valence electrons. The molecule has 8 nitrogen and oxygen atoms in total. The second kappa shape index (κ2) is 7.78. The van der Waals surface area contributed by atoms with E-state index in [0.717, 1.165) is 11.0 Å². The Hall–Kier alpha value is -2.42. The minimum absolute atomic E-state index is 0.0341. The van der Waals surface area contributed by atoms with Gasteiger partial charge in [-0.2, -0.15) is 0 Å². The van der Waals surface area contributed by atoms with Crippen LogP contribution < -0.4 is 11.1 Å². The zero-order valence-electron chi connectivity index (χ0n) is 17.2. The summed E-state index contributed by atoms with van der Waals surface area (Å²) in [7, 11) is -0.808. The maximum Gasteiger partial charge on any atom is 0.316 e. The van der Waals surface area contributed by atoms with Gasteiger partial charge < -0.3 is 14.0 Å². The first kappa shape index (κ1) is 21.3. The van der Waals surface area contributed by atoms with Crippen LogP contribution in [0.1, 0.15) is 26.7 Å². The highest BCUT2D eigenvalue weighted by Crippen LogP contribution is 2.22. The highest BCUT2D eigenvalue weighted by Gasteiger charge is 2.27. The number of carbonyl (C=O) groups is 1. The summed E-state index contributed by atoms with van der Waals surface area (Å²) >= 11 is 0. The minimum atomic E-state index is -3.72. The van der Waals surface area contributed by atoms with E-state index in [1.807, 2.05) is 0 Å². The molecule has 1 aliphatic heterocycles. The van der Waals surface area contributed by atoms with Gasteiger partial charge in [0, 0.05) is 33.6 Å². The summed E-state index contributed by atoms with van der Waals surface area (Å²) in [4.78, 5) is 38.3. The first-order valence-electron chi connectivity index (χ1n) is 9.71. The molecule has 1 fully saturated rings. The van der Waals surface area contributed by atoms with E-state index in [1.54, 1.807) is 4.90 Å². The van der Waals surface area contributed by atoms with Crippen molar-refractivity contribution in [1.82, 2.24) is 14.0 Å². The third-order valence-electron chi connectivity index (χ3n) is 5.63. The molecule has 29 heavy (non-hydrogen) atoms. The summed E-state index contributed by atoms with van der Waals surface area (Å²) < 4.78 is 28.0. The number of hydrogen-bond donors (Lipinski definition) is 0. The van der Waals surface area contributed by atoms with Crippen molar-refractivity contribution in [2.24, 2.45) is 25.9 Å². The number of fused-ring (bicyclic) bond motifs is 1. The Labute approximate surface area is 169 Å². The highest BCUT2D eigenvalue weighted by molar-refractivity contribution is 7.91. The van der Waals surface area contributed by atoms with E-state index in [2.05, 4.69) is 13.8 Å². The van der Waals surface area contributed by atoms with Crippen molar-refractivity contribution in [1.29, 1.82) is 0 Å². The fourth-order valence-corrected chi connectivity index (χ4v) is 5.36. The number of piperidine rings is 1. The molecule has 1 saturated heterocycles. The van der Waals surface area contributed by atoms with E-state index in [4.69, 9.17) is 0 Å². The Balaban J connectivity index is 1.84. The van der Waals surface area contributed by atoms with E-state index >= 15 is 0 Å². The molecule has 0 spiro atoms. The maximum atomic E-state index is 12.8. The lowest BCUT2D eigenvalue weighted by atomic mass is 9.92. The van der Waals surface area contributed by atoms with Crippen LogP contribution >= 0.6 is 0 Å². The number of hydrogen-bond acceptors (Lipinski definition) is 5. The Morgan fingerprint density at radius 1 is 1.00 bits per heavy atom. The molecule has 2 aromatic rings. The standard InChI is InChI=1S/C20H27N3O5S/c1-13-9-14(2)12-23(11-13)18(24)7-8-29(27,28)15-5-6-16-17(10-15)22(4)20(26)19(25)21(16)3/h5-6,10,13-14H,7-9,11-12H2,1-4H3/t13-,14-/m0/s1. The predicted octanol–water partition coefficient (Wildman–Crippen LogP) is 0.906. The van der Waals surface area contributed by atoms with E-state index in [0.29, 0.717) is 36.0 Å². The molecule has 0 aliphatic carbocycles. The molecule has 1 amide bonds. The molecule has 0 bridgehead atoms. The number of sulfone groups is 1. The van der Waals surface area contributed by atoms with Crippen LogP contribution in [-0.4, -0.2) is 47.2 Å². The smallest absolute Gasteiger partial charge is 0.316 e. The number of aryl methyl sites for hydroxylation is 2. The zero-order valence-corrected chi connectivity index (χ0v) is 18.0. The number of nitrogens with zero attached hydrogens (tertiary/aromatic N) is 3. The predicted molar refractivity (Wildman–Crippen MR) is 111 cm³/mol. The van der Waals surface area contributed by atoms with Gasteiger partial charge in [0.1, 0.15) is 0 Å². The Morgan fingerprint density at radius 2 is 1.55 bits per heavy atom. The topological polar surface area (TPSA) is 98.5 Å². The molecule has 2 heterocycles. The summed E-state index contributed by atoms with van der Waals surface area (Å²) in [5.41, 5.74) is -0.587. The van der Waals surface area contributed by atoms with E-state index < -0.39 is 21.0 Å². The molecule has 9 heteroatoms. The van der Waals surface area contributed by atoms with Gasteiger partial charge >= 0.3 is 11.1 Å². The second-order valence-corrected chi connectivity index (χ2v) is 10.3. The zero-order chi connectivity index (χ0) is 21.5. The number of rotatable bonds is 4. The van der Waals surface area contributed by atoms with Crippen LogP contribution in [0.25, 0.3) is 11.0 Å². The maximum absolute atomic E-state index is 12.8. The van der Waals surface area contributed by atoms with E-state index in [-0.39, 0.29) is 23.0 Å². The highest BCUT2D eigenvalue weighted by atomic mass is 32.2. The fraction of sp³-hybridized carbons (Fsp3) is 0.550. The number of benzene rings is 1. The molecule has 1 aliphatic rings. The molecule has 3 rings (SSSR count). The van der Waals surface area contributed by atoms with Gasteiger partial charge in [0.25, 0.3) is 0 Å². The lowest BCUT2D eigenvalue weighted by molar-refractivity contribution is -0.133. The number of likely N-dealkylation sites (tertiary alicyclic amines) is 1.